The molecule has 3 heteroatoms. The van der Waals surface area contributed by atoms with Crippen LogP contribution in [-0.4, -0.2) is 16.7 Å². The molecular formula is C13H17N3. The maximum Gasteiger partial charge on any atom is 0.0882 e. The Morgan fingerprint density at radius 2 is 2.31 bits per heavy atom. The first-order chi connectivity index (χ1) is 7.75. The minimum absolute atomic E-state index is 0.454. The molecule has 1 aliphatic carbocycles. The van der Waals surface area contributed by atoms with Crippen molar-refractivity contribution in [3.63, 3.8) is 0 Å². The Morgan fingerprint density at radius 1 is 1.50 bits per heavy atom. The molecule has 0 amide bonds. The fourth-order valence-corrected chi connectivity index (χ4v) is 1.62. The van der Waals surface area contributed by atoms with Gasteiger partial charge in [0.25, 0.3) is 0 Å². The van der Waals surface area contributed by atoms with Crippen LogP contribution in [0.1, 0.15) is 30.7 Å². The number of hydrogen-bond acceptors (Lipinski definition) is 3. The number of aryl methyl sites for hydroxylation is 1. The molecule has 2 rings (SSSR count). The van der Waals surface area contributed by atoms with Gasteiger partial charge in [0.1, 0.15) is 0 Å². The molecule has 1 heterocycles. The summed E-state index contributed by atoms with van der Waals surface area (Å²) in [6.45, 7) is 1.94. The van der Waals surface area contributed by atoms with E-state index in [1.807, 2.05) is 31.3 Å². The third-order valence-corrected chi connectivity index (χ3v) is 2.85. The number of hydrogen-bond donors (Lipinski definition) is 2. The van der Waals surface area contributed by atoms with Gasteiger partial charge in [-0.05, 0) is 50.6 Å². The van der Waals surface area contributed by atoms with Gasteiger partial charge < -0.3 is 5.32 Å². The van der Waals surface area contributed by atoms with E-state index in [9.17, 15) is 0 Å². The lowest BCUT2D eigenvalue weighted by molar-refractivity contribution is 0.373. The predicted molar refractivity (Wildman–Crippen MR) is 65.7 cm³/mol. The van der Waals surface area contributed by atoms with Crippen LogP contribution in [0.3, 0.4) is 0 Å². The SMILES string of the molecule is Cc1cccc(C(=N)/C=C\NC2CCC2)n1. The maximum atomic E-state index is 7.86. The van der Waals surface area contributed by atoms with Gasteiger partial charge in [-0.2, -0.15) is 0 Å². The van der Waals surface area contributed by atoms with Crippen molar-refractivity contribution in [2.45, 2.75) is 32.2 Å². The minimum atomic E-state index is 0.454. The molecule has 84 valence electrons. The molecule has 0 aromatic carbocycles. The fourth-order valence-electron chi connectivity index (χ4n) is 1.62. The van der Waals surface area contributed by atoms with Crippen LogP contribution in [-0.2, 0) is 0 Å². The molecule has 0 radical (unpaired) electrons. The van der Waals surface area contributed by atoms with E-state index in [2.05, 4.69) is 10.3 Å². The Labute approximate surface area is 96.1 Å². The second-order valence-electron chi connectivity index (χ2n) is 4.21. The summed E-state index contributed by atoms with van der Waals surface area (Å²) in [5.74, 6) is 0. The quantitative estimate of drug-likeness (QED) is 0.758. The average Bonchev–Trinajstić information content (AvgIpc) is 2.21. The van der Waals surface area contributed by atoms with Crippen molar-refractivity contribution in [3.05, 3.63) is 41.9 Å². The van der Waals surface area contributed by atoms with E-state index in [0.29, 0.717) is 11.8 Å². The molecule has 0 spiro atoms. The number of aromatic nitrogens is 1. The van der Waals surface area contributed by atoms with Crippen LogP contribution < -0.4 is 5.32 Å². The molecule has 1 saturated carbocycles. The molecular weight excluding hydrogens is 198 g/mol. The van der Waals surface area contributed by atoms with Crippen molar-refractivity contribution in [1.29, 1.82) is 5.41 Å². The van der Waals surface area contributed by atoms with Gasteiger partial charge in [-0.25, -0.2) is 0 Å². The van der Waals surface area contributed by atoms with Crippen LogP contribution in [0.4, 0.5) is 0 Å². The highest BCUT2D eigenvalue weighted by Gasteiger charge is 2.14. The fraction of sp³-hybridized carbons (Fsp3) is 0.385. The van der Waals surface area contributed by atoms with Gasteiger partial charge in [-0.15, -0.1) is 0 Å². The van der Waals surface area contributed by atoms with E-state index in [1.165, 1.54) is 19.3 Å². The number of rotatable bonds is 4. The lowest BCUT2D eigenvalue weighted by atomic mass is 9.93. The topological polar surface area (TPSA) is 48.8 Å². The molecule has 2 N–H and O–H groups in total. The molecule has 16 heavy (non-hydrogen) atoms. The van der Waals surface area contributed by atoms with Crippen molar-refractivity contribution in [2.24, 2.45) is 0 Å². The summed E-state index contributed by atoms with van der Waals surface area (Å²) >= 11 is 0. The average molecular weight is 215 g/mol. The maximum absolute atomic E-state index is 7.86. The molecule has 0 unspecified atom stereocenters. The van der Waals surface area contributed by atoms with Crippen molar-refractivity contribution < 1.29 is 0 Å². The molecule has 0 aliphatic heterocycles. The molecule has 0 atom stereocenters. The third kappa shape index (κ3) is 2.69. The van der Waals surface area contributed by atoms with E-state index in [4.69, 9.17) is 5.41 Å². The van der Waals surface area contributed by atoms with Crippen LogP contribution in [0.2, 0.25) is 0 Å². The predicted octanol–water partition coefficient (Wildman–Crippen LogP) is 2.41. The van der Waals surface area contributed by atoms with Gasteiger partial charge in [0.2, 0.25) is 0 Å². The van der Waals surface area contributed by atoms with E-state index >= 15 is 0 Å². The summed E-state index contributed by atoms with van der Waals surface area (Å²) in [6.07, 6.45) is 7.47. The highest BCUT2D eigenvalue weighted by molar-refractivity contribution is 6.04. The zero-order valence-electron chi connectivity index (χ0n) is 9.53. The highest BCUT2D eigenvalue weighted by atomic mass is 14.9. The van der Waals surface area contributed by atoms with Gasteiger partial charge in [-0.1, -0.05) is 6.07 Å². The summed E-state index contributed by atoms with van der Waals surface area (Å²) in [7, 11) is 0. The van der Waals surface area contributed by atoms with E-state index < -0.39 is 0 Å². The van der Waals surface area contributed by atoms with Gasteiger partial charge in [-0.3, -0.25) is 10.4 Å². The zero-order valence-corrected chi connectivity index (χ0v) is 9.53. The Balaban J connectivity index is 1.91. The van der Waals surface area contributed by atoms with Crippen LogP contribution in [0.15, 0.2) is 30.5 Å². The summed E-state index contributed by atoms with van der Waals surface area (Å²) in [6, 6.07) is 6.35. The van der Waals surface area contributed by atoms with Crippen LogP contribution in [0.5, 0.6) is 0 Å². The molecule has 1 aliphatic rings. The summed E-state index contributed by atoms with van der Waals surface area (Å²) in [4.78, 5) is 4.30. The van der Waals surface area contributed by atoms with Crippen molar-refractivity contribution >= 4 is 5.71 Å². The Hall–Kier alpha value is -1.64. The lowest BCUT2D eigenvalue weighted by Crippen LogP contribution is -2.31. The van der Waals surface area contributed by atoms with Crippen LogP contribution in [0, 0.1) is 12.3 Å². The first-order valence-electron chi connectivity index (χ1n) is 5.71. The molecule has 1 aromatic heterocycles. The monoisotopic (exact) mass is 215 g/mol. The third-order valence-electron chi connectivity index (χ3n) is 2.85. The smallest absolute Gasteiger partial charge is 0.0882 e. The van der Waals surface area contributed by atoms with Gasteiger partial charge in [0.15, 0.2) is 0 Å². The first-order valence-corrected chi connectivity index (χ1v) is 5.71. The summed E-state index contributed by atoms with van der Waals surface area (Å²) in [5, 5.41) is 11.1. The van der Waals surface area contributed by atoms with Crippen molar-refractivity contribution in [1.82, 2.24) is 10.3 Å². The summed E-state index contributed by atoms with van der Waals surface area (Å²) in [5.41, 5.74) is 2.13. The standard InChI is InChI=1S/C13H17N3/c1-10-4-2-7-13(16-10)12(14)8-9-15-11-5-3-6-11/h2,4,7-9,11,14-15H,3,5-6H2,1H3/b9-8-,14-12?. The number of nitrogens with one attached hydrogen (secondary N) is 2. The second-order valence-corrected chi connectivity index (χ2v) is 4.21. The number of nitrogens with zero attached hydrogens (tertiary/aromatic N) is 1. The van der Waals surface area contributed by atoms with Crippen LogP contribution in [0.25, 0.3) is 0 Å². The minimum Gasteiger partial charge on any atom is -0.388 e. The Kier molecular flexibility index (Phi) is 3.34. The van der Waals surface area contributed by atoms with E-state index in [1.54, 1.807) is 6.08 Å². The molecule has 0 bridgehead atoms. The molecule has 0 saturated heterocycles. The van der Waals surface area contributed by atoms with Gasteiger partial charge in [0.05, 0.1) is 11.4 Å². The highest BCUT2D eigenvalue weighted by Crippen LogP contribution is 2.17. The van der Waals surface area contributed by atoms with Crippen LogP contribution >= 0.6 is 0 Å². The number of pyridine rings is 1. The van der Waals surface area contributed by atoms with Crippen molar-refractivity contribution in [2.75, 3.05) is 0 Å². The van der Waals surface area contributed by atoms with Gasteiger partial charge in [0, 0.05) is 11.7 Å². The second kappa shape index (κ2) is 4.92. The number of allylic oxidation sites excluding steroid dienone is 1. The lowest BCUT2D eigenvalue weighted by Gasteiger charge is -2.25. The Morgan fingerprint density at radius 3 is 2.94 bits per heavy atom. The molecule has 3 nitrogen and oxygen atoms in total. The van der Waals surface area contributed by atoms with E-state index in [-0.39, 0.29) is 0 Å². The first kappa shape index (κ1) is 10.9. The normalized spacial score (nSPS) is 16.1. The van der Waals surface area contributed by atoms with Crippen molar-refractivity contribution in [3.8, 4) is 0 Å². The zero-order chi connectivity index (χ0) is 11.4. The van der Waals surface area contributed by atoms with E-state index in [0.717, 1.165) is 11.4 Å². The Bertz CT molecular complexity index is 405. The summed E-state index contributed by atoms with van der Waals surface area (Å²) < 4.78 is 0. The molecule has 1 fully saturated rings. The largest absolute Gasteiger partial charge is 0.388 e. The molecule has 1 aromatic rings. The van der Waals surface area contributed by atoms with Gasteiger partial charge >= 0.3 is 0 Å².